The zero-order valence-electron chi connectivity index (χ0n) is 8.26. The van der Waals surface area contributed by atoms with Crippen molar-refractivity contribution in [2.24, 2.45) is 5.92 Å². The summed E-state index contributed by atoms with van der Waals surface area (Å²) in [4.78, 5) is 2.99. The molecule has 0 spiro atoms. The van der Waals surface area contributed by atoms with E-state index in [2.05, 4.69) is 32.9 Å². The van der Waals surface area contributed by atoms with Gasteiger partial charge in [0.25, 0.3) is 0 Å². The van der Waals surface area contributed by atoms with Crippen LogP contribution in [0, 0.1) is 12.8 Å². The first kappa shape index (κ1) is 9.79. The van der Waals surface area contributed by atoms with E-state index in [1.54, 1.807) is 4.88 Å². The molecule has 0 unspecified atom stereocenters. The second-order valence-corrected chi connectivity index (χ2v) is 5.17. The lowest BCUT2D eigenvalue weighted by Crippen LogP contribution is -1.88. The van der Waals surface area contributed by atoms with E-state index in [9.17, 15) is 0 Å². The van der Waals surface area contributed by atoms with Crippen molar-refractivity contribution in [3.63, 3.8) is 0 Å². The molecule has 0 aliphatic carbocycles. The molecule has 0 amide bonds. The van der Waals surface area contributed by atoms with Crippen LogP contribution in [-0.2, 0) is 6.42 Å². The molecule has 1 aromatic rings. The molecule has 0 N–H and O–H groups in total. The highest BCUT2D eigenvalue weighted by Gasteiger charge is 1.98. The first-order chi connectivity index (χ1) is 5.68. The zero-order chi connectivity index (χ0) is 8.97. The van der Waals surface area contributed by atoms with Crippen molar-refractivity contribution in [1.29, 1.82) is 0 Å². The summed E-state index contributed by atoms with van der Waals surface area (Å²) in [6.07, 6.45) is 3.98. The SMILES string of the molecule is Cc1ccc(CCCC(C)C)s1. The van der Waals surface area contributed by atoms with Crippen LogP contribution in [0.15, 0.2) is 12.1 Å². The van der Waals surface area contributed by atoms with Crippen LogP contribution in [0.25, 0.3) is 0 Å². The fourth-order valence-electron chi connectivity index (χ4n) is 1.30. The lowest BCUT2D eigenvalue weighted by molar-refractivity contribution is 0.557. The Hall–Kier alpha value is -0.300. The Labute approximate surface area is 79.6 Å². The van der Waals surface area contributed by atoms with Gasteiger partial charge in [-0.1, -0.05) is 20.3 Å². The molecule has 12 heavy (non-hydrogen) atoms. The number of aryl methyl sites for hydroxylation is 2. The molecule has 0 atom stereocenters. The largest absolute Gasteiger partial charge is 0.146 e. The van der Waals surface area contributed by atoms with E-state index in [1.165, 1.54) is 24.1 Å². The van der Waals surface area contributed by atoms with Crippen molar-refractivity contribution < 1.29 is 0 Å². The topological polar surface area (TPSA) is 0 Å². The average molecular weight is 182 g/mol. The van der Waals surface area contributed by atoms with E-state index in [1.807, 2.05) is 11.3 Å². The van der Waals surface area contributed by atoms with Gasteiger partial charge in [-0.25, -0.2) is 0 Å². The van der Waals surface area contributed by atoms with E-state index >= 15 is 0 Å². The highest BCUT2D eigenvalue weighted by atomic mass is 32.1. The minimum atomic E-state index is 0.853. The lowest BCUT2D eigenvalue weighted by atomic mass is 10.1. The summed E-state index contributed by atoms with van der Waals surface area (Å²) < 4.78 is 0. The van der Waals surface area contributed by atoms with Gasteiger partial charge in [0, 0.05) is 9.75 Å². The van der Waals surface area contributed by atoms with Gasteiger partial charge >= 0.3 is 0 Å². The highest BCUT2D eigenvalue weighted by molar-refractivity contribution is 7.11. The van der Waals surface area contributed by atoms with Crippen molar-refractivity contribution in [3.8, 4) is 0 Å². The summed E-state index contributed by atoms with van der Waals surface area (Å²) >= 11 is 1.94. The van der Waals surface area contributed by atoms with Crippen LogP contribution in [0.4, 0.5) is 0 Å². The van der Waals surface area contributed by atoms with E-state index in [-0.39, 0.29) is 0 Å². The van der Waals surface area contributed by atoms with Crippen LogP contribution < -0.4 is 0 Å². The average Bonchev–Trinajstić information content (AvgIpc) is 2.35. The number of hydrogen-bond acceptors (Lipinski definition) is 1. The molecular formula is C11H18S. The smallest absolute Gasteiger partial charge is 0.00480 e. The summed E-state index contributed by atoms with van der Waals surface area (Å²) in [7, 11) is 0. The van der Waals surface area contributed by atoms with E-state index in [0.29, 0.717) is 0 Å². The molecule has 0 saturated heterocycles. The highest BCUT2D eigenvalue weighted by Crippen LogP contribution is 2.18. The van der Waals surface area contributed by atoms with Crippen molar-refractivity contribution >= 4 is 11.3 Å². The Morgan fingerprint density at radius 3 is 2.58 bits per heavy atom. The van der Waals surface area contributed by atoms with E-state index in [0.717, 1.165) is 5.92 Å². The Balaban J connectivity index is 2.24. The molecular weight excluding hydrogens is 164 g/mol. The number of thiophene rings is 1. The van der Waals surface area contributed by atoms with Crippen molar-refractivity contribution in [3.05, 3.63) is 21.9 Å². The van der Waals surface area contributed by atoms with E-state index in [4.69, 9.17) is 0 Å². The van der Waals surface area contributed by atoms with Gasteiger partial charge in [0.05, 0.1) is 0 Å². The van der Waals surface area contributed by atoms with Gasteiger partial charge in [0.2, 0.25) is 0 Å². The fourth-order valence-corrected chi connectivity index (χ4v) is 2.24. The first-order valence-corrected chi connectivity index (χ1v) is 5.55. The van der Waals surface area contributed by atoms with Gasteiger partial charge in [-0.05, 0) is 37.8 Å². The third kappa shape index (κ3) is 3.40. The Morgan fingerprint density at radius 1 is 1.33 bits per heavy atom. The predicted molar refractivity (Wildman–Crippen MR) is 56.8 cm³/mol. The van der Waals surface area contributed by atoms with Gasteiger partial charge in [0.1, 0.15) is 0 Å². The van der Waals surface area contributed by atoms with Crippen molar-refractivity contribution in [2.75, 3.05) is 0 Å². The zero-order valence-corrected chi connectivity index (χ0v) is 9.08. The molecule has 0 saturated carbocycles. The third-order valence-corrected chi connectivity index (χ3v) is 3.06. The van der Waals surface area contributed by atoms with Gasteiger partial charge in [-0.15, -0.1) is 11.3 Å². The summed E-state index contributed by atoms with van der Waals surface area (Å²) in [5.41, 5.74) is 0. The molecule has 0 aliphatic rings. The molecule has 1 aromatic heterocycles. The second-order valence-electron chi connectivity index (χ2n) is 3.80. The summed E-state index contributed by atoms with van der Waals surface area (Å²) in [6, 6.07) is 4.48. The third-order valence-electron chi connectivity index (χ3n) is 2.00. The molecule has 0 aromatic carbocycles. The minimum absolute atomic E-state index is 0.853. The molecule has 1 heterocycles. The molecule has 0 bridgehead atoms. The maximum Gasteiger partial charge on any atom is 0.00480 e. The number of hydrogen-bond donors (Lipinski definition) is 0. The van der Waals surface area contributed by atoms with Crippen LogP contribution in [0.1, 0.15) is 36.4 Å². The second kappa shape index (κ2) is 4.66. The van der Waals surface area contributed by atoms with Crippen LogP contribution in [0.2, 0.25) is 0 Å². The maximum absolute atomic E-state index is 2.29. The van der Waals surface area contributed by atoms with Crippen LogP contribution in [0.3, 0.4) is 0 Å². The minimum Gasteiger partial charge on any atom is -0.146 e. The van der Waals surface area contributed by atoms with Gasteiger partial charge in [-0.2, -0.15) is 0 Å². The monoisotopic (exact) mass is 182 g/mol. The molecule has 1 heteroatoms. The quantitative estimate of drug-likeness (QED) is 0.659. The van der Waals surface area contributed by atoms with E-state index < -0.39 is 0 Å². The Morgan fingerprint density at radius 2 is 2.08 bits per heavy atom. The molecule has 0 aliphatic heterocycles. The van der Waals surface area contributed by atoms with Crippen LogP contribution >= 0.6 is 11.3 Å². The molecule has 1 rings (SSSR count). The first-order valence-electron chi connectivity index (χ1n) is 4.74. The Bertz CT molecular complexity index is 223. The lowest BCUT2D eigenvalue weighted by Gasteiger charge is -2.01. The molecule has 0 radical (unpaired) electrons. The Kier molecular flexibility index (Phi) is 3.80. The molecule has 0 nitrogen and oxygen atoms in total. The summed E-state index contributed by atoms with van der Waals surface area (Å²) in [5.74, 6) is 0.853. The van der Waals surface area contributed by atoms with Gasteiger partial charge in [-0.3, -0.25) is 0 Å². The van der Waals surface area contributed by atoms with Gasteiger partial charge < -0.3 is 0 Å². The number of rotatable bonds is 4. The van der Waals surface area contributed by atoms with Gasteiger partial charge in [0.15, 0.2) is 0 Å². The predicted octanol–water partition coefficient (Wildman–Crippen LogP) is 4.04. The summed E-state index contributed by atoms with van der Waals surface area (Å²) in [5, 5.41) is 0. The maximum atomic E-state index is 2.29. The van der Waals surface area contributed by atoms with Crippen LogP contribution in [-0.4, -0.2) is 0 Å². The molecule has 68 valence electrons. The fraction of sp³-hybridized carbons (Fsp3) is 0.636. The van der Waals surface area contributed by atoms with Crippen LogP contribution in [0.5, 0.6) is 0 Å². The molecule has 0 fully saturated rings. The standard InChI is InChI=1S/C11H18S/c1-9(2)5-4-6-11-8-7-10(3)12-11/h7-9H,4-6H2,1-3H3. The summed E-state index contributed by atoms with van der Waals surface area (Å²) in [6.45, 7) is 6.76. The van der Waals surface area contributed by atoms with Crippen molar-refractivity contribution in [1.82, 2.24) is 0 Å². The normalized spacial score (nSPS) is 11.0. The van der Waals surface area contributed by atoms with Crippen molar-refractivity contribution in [2.45, 2.75) is 40.0 Å².